The Balaban J connectivity index is 2.33. The highest BCUT2D eigenvalue weighted by atomic mass is 16.1. The van der Waals surface area contributed by atoms with E-state index in [0.717, 1.165) is 18.6 Å². The van der Waals surface area contributed by atoms with Gasteiger partial charge in [0, 0.05) is 24.6 Å². The zero-order valence-electron chi connectivity index (χ0n) is 7.76. The highest BCUT2D eigenvalue weighted by molar-refractivity contribution is 5.95. The van der Waals surface area contributed by atoms with Crippen molar-refractivity contribution in [2.75, 3.05) is 0 Å². The van der Waals surface area contributed by atoms with E-state index in [0.29, 0.717) is 24.7 Å². The fourth-order valence-electron chi connectivity index (χ4n) is 1.15. The number of hydrogen-bond donors (Lipinski definition) is 1. The lowest BCUT2D eigenvalue weighted by molar-refractivity contribution is -0.119. The fourth-order valence-corrected chi connectivity index (χ4v) is 1.15. The Labute approximate surface area is 73.2 Å². The van der Waals surface area contributed by atoms with Gasteiger partial charge < -0.3 is 5.43 Å². The van der Waals surface area contributed by atoms with E-state index >= 15 is 0 Å². The zero-order valence-corrected chi connectivity index (χ0v) is 7.76. The van der Waals surface area contributed by atoms with Gasteiger partial charge >= 0.3 is 0 Å². The van der Waals surface area contributed by atoms with Crippen molar-refractivity contribution in [2.24, 2.45) is 5.10 Å². The molecule has 68 valence electrons. The average molecular weight is 168 g/mol. The molecule has 0 amide bonds. The first-order valence-electron chi connectivity index (χ1n) is 4.51. The molecule has 0 heterocycles. The molecular weight excluding hydrogens is 152 g/mol. The van der Waals surface area contributed by atoms with Crippen LogP contribution in [0.25, 0.3) is 0 Å². The van der Waals surface area contributed by atoms with Gasteiger partial charge in [-0.3, -0.25) is 4.79 Å². The molecule has 0 unspecified atom stereocenters. The SMILES string of the molecule is CC(C)NN=C1CCC(=O)CC1. The second kappa shape index (κ2) is 4.24. The summed E-state index contributed by atoms with van der Waals surface area (Å²) in [4.78, 5) is 10.9. The number of nitrogens with zero attached hydrogens (tertiary/aromatic N) is 1. The second-order valence-electron chi connectivity index (χ2n) is 3.50. The van der Waals surface area contributed by atoms with E-state index in [1.807, 2.05) is 0 Å². The Hall–Kier alpha value is -0.860. The lowest BCUT2D eigenvalue weighted by Gasteiger charge is -2.12. The van der Waals surface area contributed by atoms with Crippen LogP contribution in [0.5, 0.6) is 0 Å². The summed E-state index contributed by atoms with van der Waals surface area (Å²) in [5, 5.41) is 4.23. The first kappa shape index (κ1) is 9.23. The van der Waals surface area contributed by atoms with E-state index < -0.39 is 0 Å². The fraction of sp³-hybridized carbons (Fsp3) is 0.778. The van der Waals surface area contributed by atoms with Crippen molar-refractivity contribution in [3.8, 4) is 0 Å². The number of Topliss-reactive ketones (excluding diaryl/α,β-unsaturated/α-hetero) is 1. The summed E-state index contributed by atoms with van der Waals surface area (Å²) < 4.78 is 0. The normalized spacial score (nSPS) is 18.2. The number of carbonyl (C=O) groups excluding carboxylic acids is 1. The van der Waals surface area contributed by atoms with Crippen molar-refractivity contribution in [2.45, 2.75) is 45.6 Å². The molecule has 0 radical (unpaired) electrons. The minimum Gasteiger partial charge on any atom is -0.308 e. The molecule has 3 nitrogen and oxygen atoms in total. The molecule has 1 saturated carbocycles. The lowest BCUT2D eigenvalue weighted by atomic mass is 9.97. The second-order valence-corrected chi connectivity index (χ2v) is 3.50. The molecule has 0 spiro atoms. The molecule has 1 aliphatic carbocycles. The van der Waals surface area contributed by atoms with Gasteiger partial charge in [0.15, 0.2) is 0 Å². The molecule has 0 aromatic rings. The smallest absolute Gasteiger partial charge is 0.133 e. The molecule has 0 aromatic carbocycles. The van der Waals surface area contributed by atoms with Crippen LogP contribution in [-0.2, 0) is 4.79 Å². The van der Waals surface area contributed by atoms with Crippen LogP contribution in [-0.4, -0.2) is 17.5 Å². The van der Waals surface area contributed by atoms with Crippen LogP contribution in [0, 0.1) is 0 Å². The molecule has 1 N–H and O–H groups in total. The van der Waals surface area contributed by atoms with Crippen LogP contribution >= 0.6 is 0 Å². The summed E-state index contributed by atoms with van der Waals surface area (Å²) in [5.41, 5.74) is 4.15. The summed E-state index contributed by atoms with van der Waals surface area (Å²) in [6.45, 7) is 4.11. The van der Waals surface area contributed by atoms with E-state index in [1.54, 1.807) is 0 Å². The standard InChI is InChI=1S/C9H16N2O/c1-7(2)10-11-8-3-5-9(12)6-4-8/h7,10H,3-6H2,1-2H3. The lowest BCUT2D eigenvalue weighted by Crippen LogP contribution is -2.21. The number of rotatable bonds is 2. The van der Waals surface area contributed by atoms with Gasteiger partial charge in [-0.15, -0.1) is 0 Å². The Morgan fingerprint density at radius 1 is 1.25 bits per heavy atom. The molecule has 0 saturated heterocycles. The maximum atomic E-state index is 10.9. The third-order valence-corrected chi connectivity index (χ3v) is 1.87. The number of hydrogen-bond acceptors (Lipinski definition) is 3. The van der Waals surface area contributed by atoms with Crippen molar-refractivity contribution < 1.29 is 4.79 Å². The Morgan fingerprint density at radius 3 is 2.33 bits per heavy atom. The summed E-state index contributed by atoms with van der Waals surface area (Å²) in [7, 11) is 0. The zero-order chi connectivity index (χ0) is 8.97. The van der Waals surface area contributed by atoms with Crippen molar-refractivity contribution >= 4 is 11.5 Å². The topological polar surface area (TPSA) is 41.5 Å². The largest absolute Gasteiger partial charge is 0.308 e. The third kappa shape index (κ3) is 3.03. The minimum absolute atomic E-state index is 0.374. The molecule has 3 heteroatoms. The molecular formula is C9H16N2O. The first-order chi connectivity index (χ1) is 5.68. The van der Waals surface area contributed by atoms with Crippen molar-refractivity contribution in [1.82, 2.24) is 5.43 Å². The van der Waals surface area contributed by atoms with Crippen molar-refractivity contribution in [3.63, 3.8) is 0 Å². The number of hydrazone groups is 1. The van der Waals surface area contributed by atoms with E-state index in [9.17, 15) is 4.79 Å². The van der Waals surface area contributed by atoms with Gasteiger partial charge in [0.25, 0.3) is 0 Å². The van der Waals surface area contributed by atoms with E-state index in [-0.39, 0.29) is 0 Å². The quantitative estimate of drug-likeness (QED) is 0.634. The van der Waals surface area contributed by atoms with Gasteiger partial charge in [-0.05, 0) is 26.7 Å². The van der Waals surface area contributed by atoms with Crippen LogP contribution in [0.15, 0.2) is 5.10 Å². The molecule has 1 rings (SSSR count). The van der Waals surface area contributed by atoms with Gasteiger partial charge in [-0.25, -0.2) is 0 Å². The maximum Gasteiger partial charge on any atom is 0.133 e. The van der Waals surface area contributed by atoms with Gasteiger partial charge in [0.05, 0.1) is 0 Å². The monoisotopic (exact) mass is 168 g/mol. The Bertz CT molecular complexity index is 185. The maximum absolute atomic E-state index is 10.9. The molecule has 12 heavy (non-hydrogen) atoms. The van der Waals surface area contributed by atoms with Crippen LogP contribution in [0.4, 0.5) is 0 Å². The Morgan fingerprint density at radius 2 is 1.83 bits per heavy atom. The number of nitrogens with one attached hydrogen (secondary N) is 1. The first-order valence-corrected chi connectivity index (χ1v) is 4.51. The summed E-state index contributed by atoms with van der Waals surface area (Å²) in [6, 6.07) is 0.384. The van der Waals surface area contributed by atoms with Gasteiger partial charge in [-0.1, -0.05) is 0 Å². The van der Waals surface area contributed by atoms with Crippen molar-refractivity contribution in [3.05, 3.63) is 0 Å². The predicted molar refractivity (Wildman–Crippen MR) is 49.2 cm³/mol. The molecule has 0 atom stereocenters. The number of carbonyl (C=O) groups is 1. The Kier molecular flexibility index (Phi) is 3.26. The molecule has 1 fully saturated rings. The predicted octanol–water partition coefficient (Wildman–Crippen LogP) is 1.48. The van der Waals surface area contributed by atoms with Gasteiger partial charge in [0.2, 0.25) is 0 Å². The van der Waals surface area contributed by atoms with E-state index in [2.05, 4.69) is 24.4 Å². The molecule has 0 aliphatic heterocycles. The minimum atomic E-state index is 0.374. The summed E-state index contributed by atoms with van der Waals surface area (Å²) in [6.07, 6.45) is 3.05. The number of ketones is 1. The third-order valence-electron chi connectivity index (χ3n) is 1.87. The van der Waals surface area contributed by atoms with Crippen LogP contribution in [0.3, 0.4) is 0 Å². The van der Waals surface area contributed by atoms with E-state index in [4.69, 9.17) is 0 Å². The molecule has 0 aromatic heterocycles. The van der Waals surface area contributed by atoms with Gasteiger partial charge in [-0.2, -0.15) is 5.10 Å². The van der Waals surface area contributed by atoms with Crippen molar-refractivity contribution in [1.29, 1.82) is 0 Å². The molecule has 1 aliphatic rings. The van der Waals surface area contributed by atoms with Crippen LogP contribution in [0.1, 0.15) is 39.5 Å². The average Bonchev–Trinajstić information content (AvgIpc) is 2.03. The summed E-state index contributed by atoms with van der Waals surface area (Å²) in [5.74, 6) is 0.374. The van der Waals surface area contributed by atoms with E-state index in [1.165, 1.54) is 0 Å². The summed E-state index contributed by atoms with van der Waals surface area (Å²) >= 11 is 0. The molecule has 0 bridgehead atoms. The highest BCUT2D eigenvalue weighted by Gasteiger charge is 2.13. The highest BCUT2D eigenvalue weighted by Crippen LogP contribution is 2.11. The van der Waals surface area contributed by atoms with Crippen LogP contribution < -0.4 is 5.43 Å². The van der Waals surface area contributed by atoms with Gasteiger partial charge in [0.1, 0.15) is 5.78 Å². The van der Waals surface area contributed by atoms with Crippen LogP contribution in [0.2, 0.25) is 0 Å².